The fourth-order valence-electron chi connectivity index (χ4n) is 3.38. The van der Waals surface area contributed by atoms with Gasteiger partial charge in [0.15, 0.2) is 0 Å². The monoisotopic (exact) mass is 335 g/mol. The summed E-state index contributed by atoms with van der Waals surface area (Å²) in [6.45, 7) is 2.79. The van der Waals surface area contributed by atoms with Gasteiger partial charge in [-0.25, -0.2) is 0 Å². The van der Waals surface area contributed by atoms with Gasteiger partial charge in [-0.1, -0.05) is 47.9 Å². The van der Waals surface area contributed by atoms with Crippen LogP contribution in [0.4, 0.5) is 0 Å². The summed E-state index contributed by atoms with van der Waals surface area (Å²) in [6, 6.07) is 16.1. The van der Waals surface area contributed by atoms with Gasteiger partial charge < -0.3 is 0 Å². The van der Waals surface area contributed by atoms with Crippen molar-refractivity contribution in [2.75, 3.05) is 12.3 Å². The first kappa shape index (κ1) is 17.1. The smallest absolute Gasteiger partial charge is 0.0578 e. The maximum atomic E-state index is 5.41. The van der Waals surface area contributed by atoms with Crippen LogP contribution in [0.1, 0.15) is 41.1 Å². The van der Waals surface area contributed by atoms with Gasteiger partial charge in [0.05, 0.1) is 6.54 Å². The molecule has 1 aliphatic carbocycles. The van der Waals surface area contributed by atoms with E-state index in [9.17, 15) is 0 Å². The van der Waals surface area contributed by atoms with E-state index in [4.69, 9.17) is 6.42 Å². The van der Waals surface area contributed by atoms with Crippen LogP contribution in [0.3, 0.4) is 0 Å². The molecule has 1 nitrogen and oxygen atoms in total. The molecule has 1 N–H and O–H groups in total. The fourth-order valence-corrected chi connectivity index (χ4v) is 4.50. The first-order valence-corrected chi connectivity index (χ1v) is 9.73. The number of terminal acetylenes is 1. The van der Waals surface area contributed by atoms with Gasteiger partial charge in [0, 0.05) is 16.7 Å². The number of hydrogen-bond donors (Lipinski definition) is 1. The molecule has 2 aromatic rings. The second-order valence-corrected chi connectivity index (χ2v) is 7.57. The molecule has 3 rings (SSSR count). The van der Waals surface area contributed by atoms with Gasteiger partial charge in [0.25, 0.3) is 0 Å². The number of benzene rings is 2. The van der Waals surface area contributed by atoms with E-state index in [0.717, 1.165) is 12.2 Å². The zero-order valence-electron chi connectivity index (χ0n) is 14.3. The van der Waals surface area contributed by atoms with Crippen molar-refractivity contribution < 1.29 is 0 Å². The summed E-state index contributed by atoms with van der Waals surface area (Å²) in [6.07, 6.45) is 10.1. The summed E-state index contributed by atoms with van der Waals surface area (Å²) in [5, 5.41) is 3.50. The van der Waals surface area contributed by atoms with E-state index in [0.29, 0.717) is 12.6 Å². The van der Waals surface area contributed by atoms with Crippen LogP contribution in [0, 0.1) is 19.3 Å². The van der Waals surface area contributed by atoms with Gasteiger partial charge in [0.2, 0.25) is 0 Å². The number of thioether (sulfide) groups is 1. The lowest BCUT2D eigenvalue weighted by atomic mass is 9.87. The molecule has 0 aromatic heterocycles. The largest absolute Gasteiger partial charge is 0.299 e. The molecule has 1 atom stereocenters. The highest BCUT2D eigenvalue weighted by atomic mass is 32.2. The van der Waals surface area contributed by atoms with Gasteiger partial charge in [-0.2, -0.15) is 0 Å². The number of rotatable bonds is 6. The van der Waals surface area contributed by atoms with Crippen LogP contribution in [-0.4, -0.2) is 12.3 Å². The Labute approximate surface area is 150 Å². The minimum atomic E-state index is 0.419. The van der Waals surface area contributed by atoms with Crippen LogP contribution >= 0.6 is 11.8 Å². The molecule has 0 aliphatic heterocycles. The van der Waals surface area contributed by atoms with E-state index in [1.54, 1.807) is 0 Å². The number of nitrogens with one attached hydrogen (secondary N) is 1. The lowest BCUT2D eigenvalue weighted by Crippen LogP contribution is -2.25. The van der Waals surface area contributed by atoms with E-state index >= 15 is 0 Å². The molecule has 0 radical (unpaired) electrons. The van der Waals surface area contributed by atoms with Crippen molar-refractivity contribution >= 4 is 11.8 Å². The van der Waals surface area contributed by atoms with Crippen molar-refractivity contribution in [3.63, 3.8) is 0 Å². The summed E-state index contributed by atoms with van der Waals surface area (Å²) < 4.78 is 0. The molecule has 2 heteroatoms. The molecule has 124 valence electrons. The lowest BCUT2D eigenvalue weighted by Gasteiger charge is -2.27. The Kier molecular flexibility index (Phi) is 6.01. The van der Waals surface area contributed by atoms with Crippen molar-refractivity contribution in [1.82, 2.24) is 5.32 Å². The third-order valence-corrected chi connectivity index (χ3v) is 5.79. The summed E-state index contributed by atoms with van der Waals surface area (Å²) in [5.74, 6) is 3.83. The Balaban J connectivity index is 1.66. The van der Waals surface area contributed by atoms with Gasteiger partial charge in [-0.15, -0.1) is 18.2 Å². The number of aryl methyl sites for hydroxylation is 2. The van der Waals surface area contributed by atoms with Gasteiger partial charge in [0.1, 0.15) is 0 Å². The van der Waals surface area contributed by atoms with E-state index in [1.807, 2.05) is 11.8 Å². The molecule has 0 spiro atoms. The molecule has 0 saturated carbocycles. The van der Waals surface area contributed by atoms with E-state index in [2.05, 4.69) is 60.6 Å². The highest BCUT2D eigenvalue weighted by Crippen LogP contribution is 2.36. The Bertz CT molecular complexity index is 712. The second kappa shape index (κ2) is 8.42. The Hall–Kier alpha value is -1.69. The van der Waals surface area contributed by atoms with Crippen LogP contribution in [0.2, 0.25) is 0 Å². The average molecular weight is 336 g/mol. The lowest BCUT2D eigenvalue weighted by molar-refractivity contribution is 0.479. The molecule has 1 aliphatic rings. The predicted molar refractivity (Wildman–Crippen MR) is 105 cm³/mol. The number of fused-ring (bicyclic) bond motifs is 1. The average Bonchev–Trinajstić information content (AvgIpc) is 2.62. The molecule has 0 bridgehead atoms. The summed E-state index contributed by atoms with van der Waals surface area (Å²) >= 11 is 1.99. The fraction of sp³-hybridized carbons (Fsp3) is 0.364. The summed E-state index contributed by atoms with van der Waals surface area (Å²) in [7, 11) is 0. The number of hydrogen-bond acceptors (Lipinski definition) is 2. The van der Waals surface area contributed by atoms with Gasteiger partial charge in [-0.3, -0.25) is 5.32 Å². The Morgan fingerprint density at radius 1 is 1.21 bits per heavy atom. The third-order valence-electron chi connectivity index (χ3n) is 4.68. The maximum absolute atomic E-state index is 5.41. The molecule has 24 heavy (non-hydrogen) atoms. The van der Waals surface area contributed by atoms with Crippen LogP contribution in [0.5, 0.6) is 0 Å². The highest BCUT2D eigenvalue weighted by Gasteiger charge is 2.21. The van der Waals surface area contributed by atoms with Crippen LogP contribution < -0.4 is 5.32 Å². The van der Waals surface area contributed by atoms with E-state index in [1.165, 1.54) is 46.4 Å². The minimum Gasteiger partial charge on any atom is -0.299 e. The van der Waals surface area contributed by atoms with Crippen molar-refractivity contribution in [3.05, 3.63) is 64.7 Å². The molecular weight excluding hydrogens is 310 g/mol. The Morgan fingerprint density at radius 3 is 2.83 bits per heavy atom. The van der Waals surface area contributed by atoms with Crippen LogP contribution in [0.15, 0.2) is 47.4 Å². The maximum Gasteiger partial charge on any atom is 0.0578 e. The molecular formula is C22H25NS. The van der Waals surface area contributed by atoms with Gasteiger partial charge >= 0.3 is 0 Å². The molecule has 1 unspecified atom stereocenters. The van der Waals surface area contributed by atoms with Gasteiger partial charge in [-0.05, 0) is 55.4 Å². The normalized spacial score (nSPS) is 16.4. The topological polar surface area (TPSA) is 12.0 Å². The second-order valence-electron chi connectivity index (χ2n) is 6.44. The van der Waals surface area contributed by atoms with E-state index < -0.39 is 0 Å². The first-order valence-electron chi connectivity index (χ1n) is 8.75. The zero-order chi connectivity index (χ0) is 16.8. The molecule has 2 aromatic carbocycles. The predicted octanol–water partition coefficient (Wildman–Crippen LogP) is 4.93. The Morgan fingerprint density at radius 2 is 2.04 bits per heavy atom. The van der Waals surface area contributed by atoms with Crippen molar-refractivity contribution in [2.45, 2.75) is 43.5 Å². The van der Waals surface area contributed by atoms with Crippen LogP contribution in [0.25, 0.3) is 0 Å². The molecule has 0 heterocycles. The minimum absolute atomic E-state index is 0.419. The van der Waals surface area contributed by atoms with Crippen molar-refractivity contribution in [2.24, 2.45) is 0 Å². The zero-order valence-corrected chi connectivity index (χ0v) is 15.2. The molecule has 0 fully saturated rings. The van der Waals surface area contributed by atoms with Crippen molar-refractivity contribution in [3.8, 4) is 12.3 Å². The van der Waals surface area contributed by atoms with Crippen molar-refractivity contribution in [1.29, 1.82) is 0 Å². The standard InChI is InChI=1S/C22H25NS/c1-3-15-23-21-8-4-7-20-19(21)6-5-9-22(20)24-16-14-18-12-10-17(2)11-13-18/h1,5-6,9-13,21,23H,4,7-8,14-16H2,2H3. The van der Waals surface area contributed by atoms with Crippen LogP contribution in [-0.2, 0) is 12.8 Å². The molecule has 0 saturated heterocycles. The highest BCUT2D eigenvalue weighted by molar-refractivity contribution is 7.99. The summed E-state index contributed by atoms with van der Waals surface area (Å²) in [5.41, 5.74) is 5.74. The third kappa shape index (κ3) is 4.23. The quantitative estimate of drug-likeness (QED) is 0.593. The SMILES string of the molecule is C#CCNC1CCCc2c(SCCc3ccc(C)cc3)cccc21. The first-order chi connectivity index (χ1) is 11.8. The van der Waals surface area contributed by atoms with E-state index in [-0.39, 0.29) is 0 Å². The summed E-state index contributed by atoms with van der Waals surface area (Å²) in [4.78, 5) is 1.45. The molecule has 0 amide bonds.